The van der Waals surface area contributed by atoms with E-state index >= 15 is 0 Å². The summed E-state index contributed by atoms with van der Waals surface area (Å²) in [6.07, 6.45) is 3.91. The van der Waals surface area contributed by atoms with Crippen LogP contribution in [0.3, 0.4) is 0 Å². The van der Waals surface area contributed by atoms with Crippen LogP contribution in [0.15, 0.2) is 0 Å². The average molecular weight is 241 g/mol. The molecule has 1 unspecified atom stereocenters. The number of nitrogens with one attached hydrogen (secondary N) is 1. The molecule has 3 N–H and O–H groups in total. The van der Waals surface area contributed by atoms with Gasteiger partial charge in [0.15, 0.2) is 0 Å². The Kier molecular flexibility index (Phi) is 5.92. The minimum absolute atomic E-state index is 0.0236. The molecule has 1 aliphatic rings. The first-order chi connectivity index (χ1) is 8.00. The van der Waals surface area contributed by atoms with Crippen LogP contribution >= 0.6 is 0 Å². The van der Waals surface area contributed by atoms with Gasteiger partial charge in [0.2, 0.25) is 5.91 Å². The van der Waals surface area contributed by atoms with E-state index in [1.807, 2.05) is 13.8 Å². The Labute approximate surface area is 105 Å². The number of hydrogen-bond donors (Lipinski definition) is 2. The quantitative estimate of drug-likeness (QED) is 0.754. The highest BCUT2D eigenvalue weighted by molar-refractivity contribution is 5.81. The molecule has 1 fully saturated rings. The van der Waals surface area contributed by atoms with E-state index in [9.17, 15) is 4.79 Å². The lowest BCUT2D eigenvalue weighted by molar-refractivity contribution is -0.124. The molecule has 1 saturated heterocycles. The van der Waals surface area contributed by atoms with Crippen LogP contribution in [0.2, 0.25) is 0 Å². The van der Waals surface area contributed by atoms with E-state index in [0.717, 1.165) is 19.6 Å². The number of carbonyl (C=O) groups excluding carboxylic acids is 1. The largest absolute Gasteiger partial charge is 0.351 e. The molecule has 0 aromatic rings. The maximum Gasteiger partial charge on any atom is 0.237 e. The standard InChI is InChI=1S/C13H27N3O/c1-10(2)12(14)13(17)15-11(3)9-16-7-5-4-6-8-16/h10-12H,4-9,14H2,1-3H3,(H,15,17)/t11?,12-/m1/s1. The van der Waals surface area contributed by atoms with Crippen LogP contribution in [-0.2, 0) is 4.79 Å². The summed E-state index contributed by atoms with van der Waals surface area (Å²) in [5, 5.41) is 3.00. The first-order valence-electron chi connectivity index (χ1n) is 6.79. The Bertz CT molecular complexity index is 237. The Balaban J connectivity index is 2.28. The normalized spacial score (nSPS) is 21.2. The van der Waals surface area contributed by atoms with Gasteiger partial charge in [-0.3, -0.25) is 4.79 Å². The summed E-state index contributed by atoms with van der Waals surface area (Å²) < 4.78 is 0. The fraction of sp³-hybridized carbons (Fsp3) is 0.923. The molecule has 0 spiro atoms. The third-order valence-electron chi connectivity index (χ3n) is 3.39. The molecule has 1 rings (SSSR count). The van der Waals surface area contributed by atoms with Crippen molar-refractivity contribution in [3.63, 3.8) is 0 Å². The highest BCUT2D eigenvalue weighted by Crippen LogP contribution is 2.09. The van der Waals surface area contributed by atoms with Gasteiger partial charge in [-0.05, 0) is 38.8 Å². The van der Waals surface area contributed by atoms with Gasteiger partial charge in [-0.2, -0.15) is 0 Å². The predicted molar refractivity (Wildman–Crippen MR) is 70.7 cm³/mol. The van der Waals surface area contributed by atoms with Crippen molar-refractivity contribution < 1.29 is 4.79 Å². The molecule has 0 aliphatic carbocycles. The molecular formula is C13H27N3O. The van der Waals surface area contributed by atoms with Crippen LogP contribution in [0.25, 0.3) is 0 Å². The fourth-order valence-corrected chi connectivity index (χ4v) is 2.22. The van der Waals surface area contributed by atoms with Gasteiger partial charge >= 0.3 is 0 Å². The molecule has 100 valence electrons. The highest BCUT2D eigenvalue weighted by Gasteiger charge is 2.20. The van der Waals surface area contributed by atoms with Gasteiger partial charge < -0.3 is 16.0 Å². The van der Waals surface area contributed by atoms with Gasteiger partial charge in [-0.1, -0.05) is 20.3 Å². The zero-order valence-electron chi connectivity index (χ0n) is 11.4. The van der Waals surface area contributed by atoms with Gasteiger partial charge in [0, 0.05) is 12.6 Å². The second-order valence-electron chi connectivity index (χ2n) is 5.54. The van der Waals surface area contributed by atoms with Crippen molar-refractivity contribution in [2.45, 2.75) is 52.1 Å². The van der Waals surface area contributed by atoms with Crippen LogP contribution in [0.5, 0.6) is 0 Å². The molecule has 0 saturated carbocycles. The van der Waals surface area contributed by atoms with E-state index in [-0.39, 0.29) is 23.9 Å². The smallest absolute Gasteiger partial charge is 0.237 e. The van der Waals surface area contributed by atoms with E-state index in [2.05, 4.69) is 17.1 Å². The predicted octanol–water partition coefficient (Wildman–Crippen LogP) is 0.960. The maximum atomic E-state index is 11.8. The molecule has 1 amide bonds. The molecule has 4 nitrogen and oxygen atoms in total. The second-order valence-corrected chi connectivity index (χ2v) is 5.54. The van der Waals surface area contributed by atoms with Crippen molar-refractivity contribution in [1.82, 2.24) is 10.2 Å². The maximum absolute atomic E-state index is 11.8. The van der Waals surface area contributed by atoms with Crippen molar-refractivity contribution >= 4 is 5.91 Å². The lowest BCUT2D eigenvalue weighted by Crippen LogP contribution is -2.50. The summed E-state index contributed by atoms with van der Waals surface area (Å²) in [4.78, 5) is 14.2. The van der Waals surface area contributed by atoms with Gasteiger partial charge in [0.25, 0.3) is 0 Å². The van der Waals surface area contributed by atoms with E-state index in [4.69, 9.17) is 5.73 Å². The number of piperidine rings is 1. The van der Waals surface area contributed by atoms with Crippen molar-refractivity contribution in [3.05, 3.63) is 0 Å². The van der Waals surface area contributed by atoms with Crippen molar-refractivity contribution in [2.75, 3.05) is 19.6 Å². The molecule has 1 aliphatic heterocycles. The third-order valence-corrected chi connectivity index (χ3v) is 3.39. The molecule has 0 radical (unpaired) electrons. The Morgan fingerprint density at radius 2 is 1.82 bits per heavy atom. The number of carbonyl (C=O) groups is 1. The van der Waals surface area contributed by atoms with Crippen LogP contribution in [0, 0.1) is 5.92 Å². The Hall–Kier alpha value is -0.610. The van der Waals surface area contributed by atoms with Crippen molar-refractivity contribution in [1.29, 1.82) is 0 Å². The van der Waals surface area contributed by atoms with Crippen LogP contribution < -0.4 is 11.1 Å². The zero-order valence-corrected chi connectivity index (χ0v) is 11.4. The number of hydrogen-bond acceptors (Lipinski definition) is 3. The van der Waals surface area contributed by atoms with Crippen LogP contribution in [0.4, 0.5) is 0 Å². The SMILES string of the molecule is CC(CN1CCCCC1)NC(=O)[C@H](N)C(C)C. The molecule has 2 atom stereocenters. The lowest BCUT2D eigenvalue weighted by atomic mass is 10.0. The minimum atomic E-state index is -0.390. The Morgan fingerprint density at radius 3 is 2.35 bits per heavy atom. The number of amides is 1. The lowest BCUT2D eigenvalue weighted by Gasteiger charge is -2.30. The summed E-state index contributed by atoms with van der Waals surface area (Å²) in [6.45, 7) is 9.27. The first kappa shape index (κ1) is 14.5. The monoisotopic (exact) mass is 241 g/mol. The van der Waals surface area contributed by atoms with E-state index in [0.29, 0.717) is 0 Å². The molecule has 0 bridgehead atoms. The number of rotatable bonds is 5. The van der Waals surface area contributed by atoms with E-state index in [1.165, 1.54) is 19.3 Å². The van der Waals surface area contributed by atoms with Gasteiger partial charge in [-0.25, -0.2) is 0 Å². The second kappa shape index (κ2) is 6.97. The molecule has 17 heavy (non-hydrogen) atoms. The Morgan fingerprint density at radius 1 is 1.24 bits per heavy atom. The van der Waals surface area contributed by atoms with Crippen molar-refractivity contribution in [2.24, 2.45) is 11.7 Å². The van der Waals surface area contributed by atoms with Crippen molar-refractivity contribution in [3.8, 4) is 0 Å². The number of nitrogens with zero attached hydrogens (tertiary/aromatic N) is 1. The topological polar surface area (TPSA) is 58.4 Å². The molecular weight excluding hydrogens is 214 g/mol. The molecule has 1 heterocycles. The first-order valence-corrected chi connectivity index (χ1v) is 6.79. The van der Waals surface area contributed by atoms with Crippen LogP contribution in [-0.4, -0.2) is 42.5 Å². The third kappa shape index (κ3) is 5.04. The van der Waals surface area contributed by atoms with Crippen LogP contribution in [0.1, 0.15) is 40.0 Å². The summed E-state index contributed by atoms with van der Waals surface area (Å²) in [5.74, 6) is 0.168. The van der Waals surface area contributed by atoms with Gasteiger partial charge in [0.1, 0.15) is 0 Å². The summed E-state index contributed by atoms with van der Waals surface area (Å²) >= 11 is 0. The number of likely N-dealkylation sites (tertiary alicyclic amines) is 1. The molecule has 0 aromatic heterocycles. The van der Waals surface area contributed by atoms with E-state index in [1.54, 1.807) is 0 Å². The van der Waals surface area contributed by atoms with E-state index < -0.39 is 0 Å². The number of nitrogens with two attached hydrogens (primary N) is 1. The summed E-state index contributed by atoms with van der Waals surface area (Å²) in [5.41, 5.74) is 5.82. The highest BCUT2D eigenvalue weighted by atomic mass is 16.2. The van der Waals surface area contributed by atoms with Gasteiger partial charge in [0.05, 0.1) is 6.04 Å². The average Bonchev–Trinajstić information content (AvgIpc) is 2.28. The molecule has 0 aromatic carbocycles. The fourth-order valence-electron chi connectivity index (χ4n) is 2.22. The summed E-state index contributed by atoms with van der Waals surface area (Å²) in [6, 6.07) is -0.204. The molecule has 4 heteroatoms. The zero-order chi connectivity index (χ0) is 12.8. The minimum Gasteiger partial charge on any atom is -0.351 e. The van der Waals surface area contributed by atoms with Gasteiger partial charge in [-0.15, -0.1) is 0 Å². The summed E-state index contributed by atoms with van der Waals surface area (Å²) in [7, 11) is 0.